The summed E-state index contributed by atoms with van der Waals surface area (Å²) in [5.74, 6) is 0. The predicted octanol–water partition coefficient (Wildman–Crippen LogP) is 4.16. The molecule has 0 amide bonds. The highest BCUT2D eigenvalue weighted by Gasteiger charge is 2.00. The lowest BCUT2D eigenvalue weighted by Crippen LogP contribution is -2.16. The molecule has 80 valence electrons. The summed E-state index contributed by atoms with van der Waals surface area (Å²) in [4.78, 5) is 2.05. The third kappa shape index (κ3) is 4.91. The Bertz CT molecular complexity index is 262. The first-order chi connectivity index (χ1) is 6.72. The summed E-state index contributed by atoms with van der Waals surface area (Å²) in [6.07, 6.45) is 2.40. The fraction of sp³-hybridized carbons (Fsp3) is 0.600. The predicted molar refractivity (Wildman–Crippen MR) is 71.3 cm³/mol. The number of hydrogen-bond donors (Lipinski definition) is 1. The average molecular weight is 341 g/mol. The maximum atomic E-state index is 3.62. The van der Waals surface area contributed by atoms with Crippen LogP contribution in [0.2, 0.25) is 0 Å². The molecular weight excluding hydrogens is 326 g/mol. The molecule has 0 saturated heterocycles. The number of alkyl halides is 1. The van der Waals surface area contributed by atoms with Gasteiger partial charge in [0.1, 0.15) is 0 Å². The molecule has 0 spiro atoms. The van der Waals surface area contributed by atoms with Gasteiger partial charge in [-0.05, 0) is 47.4 Å². The van der Waals surface area contributed by atoms with Crippen molar-refractivity contribution in [1.82, 2.24) is 5.32 Å². The van der Waals surface area contributed by atoms with Gasteiger partial charge in [0.05, 0.1) is 3.79 Å². The van der Waals surface area contributed by atoms with Crippen LogP contribution in [0.25, 0.3) is 0 Å². The van der Waals surface area contributed by atoms with Crippen molar-refractivity contribution >= 4 is 43.2 Å². The number of rotatable bonds is 6. The normalized spacial score (nSPS) is 13.1. The molecular formula is C10H15Br2NS. The Morgan fingerprint density at radius 2 is 2.29 bits per heavy atom. The van der Waals surface area contributed by atoms with E-state index in [1.807, 2.05) is 0 Å². The third-order valence-electron chi connectivity index (χ3n) is 2.01. The zero-order chi connectivity index (χ0) is 10.4. The van der Waals surface area contributed by atoms with E-state index in [1.54, 1.807) is 11.3 Å². The van der Waals surface area contributed by atoms with Gasteiger partial charge in [-0.15, -0.1) is 11.3 Å². The van der Waals surface area contributed by atoms with Crippen molar-refractivity contribution in [3.05, 3.63) is 20.8 Å². The van der Waals surface area contributed by atoms with E-state index in [-0.39, 0.29) is 0 Å². The molecule has 1 unspecified atom stereocenters. The summed E-state index contributed by atoms with van der Waals surface area (Å²) in [5, 5.41) is 3.44. The van der Waals surface area contributed by atoms with Crippen molar-refractivity contribution in [2.45, 2.75) is 31.1 Å². The topological polar surface area (TPSA) is 12.0 Å². The van der Waals surface area contributed by atoms with E-state index in [2.05, 4.69) is 56.2 Å². The average Bonchev–Trinajstić information content (AvgIpc) is 2.58. The molecule has 0 aliphatic rings. The quantitative estimate of drug-likeness (QED) is 0.605. The van der Waals surface area contributed by atoms with Crippen molar-refractivity contribution in [2.24, 2.45) is 0 Å². The van der Waals surface area contributed by atoms with E-state index in [1.165, 1.54) is 21.5 Å². The van der Waals surface area contributed by atoms with Crippen molar-refractivity contribution < 1.29 is 0 Å². The molecule has 0 aromatic carbocycles. The van der Waals surface area contributed by atoms with E-state index in [0.29, 0.717) is 4.83 Å². The molecule has 0 fully saturated rings. The van der Waals surface area contributed by atoms with Gasteiger partial charge >= 0.3 is 0 Å². The van der Waals surface area contributed by atoms with Gasteiger partial charge in [0.25, 0.3) is 0 Å². The maximum absolute atomic E-state index is 3.62. The van der Waals surface area contributed by atoms with Crippen LogP contribution >= 0.6 is 43.2 Å². The minimum absolute atomic E-state index is 0.657. The lowest BCUT2D eigenvalue weighted by molar-refractivity contribution is 0.634. The lowest BCUT2D eigenvalue weighted by atomic mass is 10.2. The standard InChI is InChI=1S/C10H15Br2NS/c1-2-8(11)5-6-13-7-9-3-4-10(12)14-9/h3-4,8,13H,2,5-7H2,1H3. The van der Waals surface area contributed by atoms with Crippen molar-refractivity contribution in [2.75, 3.05) is 6.54 Å². The molecule has 4 heteroatoms. The minimum Gasteiger partial charge on any atom is -0.312 e. The number of hydrogen-bond acceptors (Lipinski definition) is 2. The molecule has 0 bridgehead atoms. The van der Waals surface area contributed by atoms with E-state index >= 15 is 0 Å². The van der Waals surface area contributed by atoms with Crippen molar-refractivity contribution in [3.8, 4) is 0 Å². The fourth-order valence-electron chi connectivity index (χ4n) is 1.12. The number of halogens is 2. The van der Waals surface area contributed by atoms with Gasteiger partial charge in [0, 0.05) is 16.2 Å². The maximum Gasteiger partial charge on any atom is 0.0701 e. The van der Waals surface area contributed by atoms with Gasteiger partial charge in [-0.1, -0.05) is 22.9 Å². The van der Waals surface area contributed by atoms with E-state index in [4.69, 9.17) is 0 Å². The van der Waals surface area contributed by atoms with Gasteiger partial charge in [-0.3, -0.25) is 0 Å². The summed E-state index contributed by atoms with van der Waals surface area (Å²) < 4.78 is 1.21. The van der Waals surface area contributed by atoms with Crippen LogP contribution in [0, 0.1) is 0 Å². The molecule has 1 heterocycles. The Balaban J connectivity index is 2.10. The van der Waals surface area contributed by atoms with Gasteiger partial charge in [0.15, 0.2) is 0 Å². The Kier molecular flexibility index (Phi) is 6.33. The summed E-state index contributed by atoms with van der Waals surface area (Å²) in [6, 6.07) is 4.26. The monoisotopic (exact) mass is 339 g/mol. The zero-order valence-corrected chi connectivity index (χ0v) is 12.2. The Morgan fingerprint density at radius 1 is 1.50 bits per heavy atom. The Labute approximate surface area is 107 Å². The molecule has 0 radical (unpaired) electrons. The molecule has 0 aliphatic carbocycles. The summed E-state index contributed by atoms with van der Waals surface area (Å²) in [7, 11) is 0. The van der Waals surface area contributed by atoms with Crippen molar-refractivity contribution in [3.63, 3.8) is 0 Å². The van der Waals surface area contributed by atoms with E-state index in [0.717, 1.165) is 13.1 Å². The van der Waals surface area contributed by atoms with E-state index in [9.17, 15) is 0 Å². The Hall–Kier alpha value is 0.620. The van der Waals surface area contributed by atoms with Gasteiger partial charge in [-0.2, -0.15) is 0 Å². The van der Waals surface area contributed by atoms with Crippen LogP contribution in [0.3, 0.4) is 0 Å². The molecule has 1 rings (SSSR count). The Morgan fingerprint density at radius 3 is 2.86 bits per heavy atom. The highest BCUT2D eigenvalue weighted by molar-refractivity contribution is 9.11. The van der Waals surface area contributed by atoms with Crippen LogP contribution in [0.15, 0.2) is 15.9 Å². The smallest absolute Gasteiger partial charge is 0.0701 e. The van der Waals surface area contributed by atoms with Crippen LogP contribution in [-0.4, -0.2) is 11.4 Å². The fourth-order valence-corrected chi connectivity index (χ4v) is 2.80. The summed E-state index contributed by atoms with van der Waals surface area (Å²) in [5.41, 5.74) is 0. The minimum atomic E-state index is 0.657. The van der Waals surface area contributed by atoms with Crippen LogP contribution < -0.4 is 5.32 Å². The molecule has 0 saturated carbocycles. The largest absolute Gasteiger partial charge is 0.312 e. The molecule has 1 nitrogen and oxygen atoms in total. The SMILES string of the molecule is CCC(Br)CCNCc1ccc(Br)s1. The van der Waals surface area contributed by atoms with Crippen LogP contribution in [0.1, 0.15) is 24.6 Å². The second-order valence-corrected chi connectivity index (χ2v) is 7.02. The molecule has 14 heavy (non-hydrogen) atoms. The zero-order valence-electron chi connectivity index (χ0n) is 8.22. The second-order valence-electron chi connectivity index (χ2n) is 3.18. The van der Waals surface area contributed by atoms with Crippen LogP contribution in [0.5, 0.6) is 0 Å². The first-order valence-electron chi connectivity index (χ1n) is 4.81. The third-order valence-corrected chi connectivity index (χ3v) is 4.73. The lowest BCUT2D eigenvalue weighted by Gasteiger charge is -2.06. The highest BCUT2D eigenvalue weighted by atomic mass is 79.9. The van der Waals surface area contributed by atoms with Gasteiger partial charge in [0.2, 0.25) is 0 Å². The summed E-state index contributed by atoms with van der Waals surface area (Å²) >= 11 is 8.88. The highest BCUT2D eigenvalue weighted by Crippen LogP contribution is 2.21. The van der Waals surface area contributed by atoms with Crippen LogP contribution in [0.4, 0.5) is 0 Å². The second kappa shape index (κ2) is 6.99. The number of thiophene rings is 1. The van der Waals surface area contributed by atoms with Gasteiger partial charge in [-0.25, -0.2) is 0 Å². The number of nitrogens with one attached hydrogen (secondary N) is 1. The van der Waals surface area contributed by atoms with Crippen molar-refractivity contribution in [1.29, 1.82) is 0 Å². The summed E-state index contributed by atoms with van der Waals surface area (Å²) in [6.45, 7) is 4.27. The molecule has 0 aliphatic heterocycles. The molecule has 1 atom stereocenters. The van der Waals surface area contributed by atoms with E-state index < -0.39 is 0 Å². The molecule has 1 aromatic heterocycles. The first kappa shape index (κ1) is 12.7. The van der Waals surface area contributed by atoms with Gasteiger partial charge < -0.3 is 5.32 Å². The molecule has 1 aromatic rings. The molecule has 1 N–H and O–H groups in total. The first-order valence-corrected chi connectivity index (χ1v) is 7.34. The van der Waals surface area contributed by atoms with Crippen LogP contribution in [-0.2, 0) is 6.54 Å².